The summed E-state index contributed by atoms with van der Waals surface area (Å²) in [6.45, 7) is 2.68. The normalized spacial score (nSPS) is 10.3. The second kappa shape index (κ2) is 5.76. The van der Waals surface area contributed by atoms with Crippen molar-refractivity contribution in [3.05, 3.63) is 53.6 Å². The van der Waals surface area contributed by atoms with Gasteiger partial charge in [0.05, 0.1) is 7.11 Å². The molecule has 0 aliphatic rings. The lowest BCUT2D eigenvalue weighted by molar-refractivity contribution is 0.415. The Morgan fingerprint density at radius 3 is 2.32 bits per heavy atom. The molecule has 0 bridgehead atoms. The third-order valence-corrected chi connectivity index (χ3v) is 3.32. The fourth-order valence-electron chi connectivity index (χ4n) is 2.17. The van der Waals surface area contributed by atoms with Crippen molar-refractivity contribution in [2.75, 3.05) is 19.1 Å². The summed E-state index contributed by atoms with van der Waals surface area (Å²) in [5, 5.41) is 0. The highest BCUT2D eigenvalue weighted by atomic mass is 16.5. The molecule has 2 rings (SSSR count). The van der Waals surface area contributed by atoms with E-state index in [1.165, 1.54) is 11.3 Å². The molecule has 0 fully saturated rings. The van der Waals surface area contributed by atoms with Gasteiger partial charge in [0.15, 0.2) is 0 Å². The van der Waals surface area contributed by atoms with Crippen molar-refractivity contribution in [1.29, 1.82) is 0 Å². The first-order chi connectivity index (χ1) is 9.15. The van der Waals surface area contributed by atoms with Crippen molar-refractivity contribution < 1.29 is 4.74 Å². The van der Waals surface area contributed by atoms with Gasteiger partial charge in [-0.15, -0.1) is 0 Å². The van der Waals surface area contributed by atoms with Gasteiger partial charge in [-0.1, -0.05) is 12.1 Å². The number of nitrogens with zero attached hydrogens (tertiary/aromatic N) is 1. The molecule has 2 aromatic rings. The van der Waals surface area contributed by atoms with E-state index >= 15 is 0 Å². The zero-order chi connectivity index (χ0) is 13.8. The summed E-state index contributed by atoms with van der Waals surface area (Å²) in [6, 6.07) is 14.4. The van der Waals surface area contributed by atoms with Crippen LogP contribution >= 0.6 is 0 Å². The number of ether oxygens (including phenoxy) is 1. The highest BCUT2D eigenvalue weighted by Gasteiger charge is 2.07. The lowest BCUT2D eigenvalue weighted by Gasteiger charge is -2.22. The maximum atomic E-state index is 5.66. The Hall–Kier alpha value is -2.00. The van der Waals surface area contributed by atoms with E-state index in [4.69, 9.17) is 10.5 Å². The summed E-state index contributed by atoms with van der Waals surface area (Å²) in [6.07, 6.45) is 0. The van der Waals surface area contributed by atoms with Gasteiger partial charge in [-0.3, -0.25) is 0 Å². The second-order valence-corrected chi connectivity index (χ2v) is 4.58. The lowest BCUT2D eigenvalue weighted by atomic mass is 10.1. The van der Waals surface area contributed by atoms with Crippen LogP contribution in [-0.4, -0.2) is 14.2 Å². The van der Waals surface area contributed by atoms with Gasteiger partial charge in [-0.05, 0) is 48.4 Å². The van der Waals surface area contributed by atoms with Crippen LogP contribution in [0.2, 0.25) is 0 Å². The van der Waals surface area contributed by atoms with E-state index in [2.05, 4.69) is 49.2 Å². The van der Waals surface area contributed by atoms with Gasteiger partial charge in [0, 0.05) is 25.0 Å². The Bertz CT molecular complexity index is 549. The Labute approximate surface area is 114 Å². The molecule has 0 atom stereocenters. The van der Waals surface area contributed by atoms with Crippen LogP contribution in [0.4, 0.5) is 11.4 Å². The quantitative estimate of drug-likeness (QED) is 0.912. The highest BCUT2D eigenvalue weighted by molar-refractivity contribution is 5.66. The van der Waals surface area contributed by atoms with E-state index in [9.17, 15) is 0 Å². The summed E-state index contributed by atoms with van der Waals surface area (Å²) in [5.74, 6) is 0.868. The van der Waals surface area contributed by atoms with E-state index in [-0.39, 0.29) is 0 Å². The molecule has 100 valence electrons. The molecule has 0 aliphatic carbocycles. The molecule has 0 spiro atoms. The van der Waals surface area contributed by atoms with Crippen molar-refractivity contribution in [2.45, 2.75) is 13.5 Å². The van der Waals surface area contributed by atoms with Crippen LogP contribution in [0.5, 0.6) is 5.75 Å². The maximum Gasteiger partial charge on any atom is 0.119 e. The van der Waals surface area contributed by atoms with Crippen LogP contribution in [0.25, 0.3) is 0 Å². The Morgan fingerprint density at radius 1 is 1.11 bits per heavy atom. The molecule has 0 amide bonds. The fourth-order valence-corrected chi connectivity index (χ4v) is 2.17. The number of hydrogen-bond acceptors (Lipinski definition) is 3. The predicted octanol–water partition coefficient (Wildman–Crippen LogP) is 3.23. The summed E-state index contributed by atoms with van der Waals surface area (Å²) in [4.78, 5) is 2.16. The lowest BCUT2D eigenvalue weighted by Crippen LogP contribution is -2.11. The Kier molecular flexibility index (Phi) is 4.07. The van der Waals surface area contributed by atoms with E-state index in [0.29, 0.717) is 6.54 Å². The van der Waals surface area contributed by atoms with Crippen LogP contribution in [0.3, 0.4) is 0 Å². The molecule has 0 saturated heterocycles. The van der Waals surface area contributed by atoms with Crippen LogP contribution < -0.4 is 15.4 Å². The SMILES string of the molecule is COc1ccc(N(C)c2ccc(CN)cc2C)cc1. The number of methoxy groups -OCH3 is 1. The zero-order valence-corrected chi connectivity index (χ0v) is 11.7. The molecular weight excluding hydrogens is 236 g/mol. The largest absolute Gasteiger partial charge is 0.497 e. The molecule has 2 N–H and O–H groups in total. The molecule has 0 aromatic heterocycles. The van der Waals surface area contributed by atoms with E-state index < -0.39 is 0 Å². The number of anilines is 2. The monoisotopic (exact) mass is 256 g/mol. The predicted molar refractivity (Wildman–Crippen MR) is 80.1 cm³/mol. The molecule has 2 aromatic carbocycles. The maximum absolute atomic E-state index is 5.66. The summed E-state index contributed by atoms with van der Waals surface area (Å²) < 4.78 is 5.18. The minimum absolute atomic E-state index is 0.577. The number of benzene rings is 2. The second-order valence-electron chi connectivity index (χ2n) is 4.58. The molecule has 3 nitrogen and oxygen atoms in total. The van der Waals surface area contributed by atoms with E-state index in [1.807, 2.05) is 12.1 Å². The smallest absolute Gasteiger partial charge is 0.119 e. The van der Waals surface area contributed by atoms with Gasteiger partial charge in [0.1, 0.15) is 5.75 Å². The summed E-state index contributed by atoms with van der Waals surface area (Å²) >= 11 is 0. The van der Waals surface area contributed by atoms with Crippen LogP contribution in [-0.2, 0) is 6.54 Å². The van der Waals surface area contributed by atoms with Crippen molar-refractivity contribution >= 4 is 11.4 Å². The van der Waals surface area contributed by atoms with Gasteiger partial charge >= 0.3 is 0 Å². The fraction of sp³-hybridized carbons (Fsp3) is 0.250. The summed E-state index contributed by atoms with van der Waals surface area (Å²) in [5.41, 5.74) is 10.4. The number of nitrogens with two attached hydrogens (primary N) is 1. The third-order valence-electron chi connectivity index (χ3n) is 3.32. The van der Waals surface area contributed by atoms with Crippen molar-refractivity contribution in [3.8, 4) is 5.75 Å². The summed E-state index contributed by atoms with van der Waals surface area (Å²) in [7, 11) is 3.74. The number of aryl methyl sites for hydroxylation is 1. The van der Waals surface area contributed by atoms with Crippen LogP contribution in [0.15, 0.2) is 42.5 Å². The number of rotatable bonds is 4. The average molecular weight is 256 g/mol. The minimum atomic E-state index is 0.577. The number of hydrogen-bond donors (Lipinski definition) is 1. The Morgan fingerprint density at radius 2 is 1.79 bits per heavy atom. The van der Waals surface area contributed by atoms with Gasteiger partial charge in [-0.25, -0.2) is 0 Å². The van der Waals surface area contributed by atoms with Crippen molar-refractivity contribution in [1.82, 2.24) is 0 Å². The van der Waals surface area contributed by atoms with Gasteiger partial charge in [0.2, 0.25) is 0 Å². The molecular formula is C16H20N2O. The molecule has 0 radical (unpaired) electrons. The first-order valence-electron chi connectivity index (χ1n) is 6.33. The first-order valence-corrected chi connectivity index (χ1v) is 6.33. The average Bonchev–Trinajstić information content (AvgIpc) is 2.46. The van der Waals surface area contributed by atoms with Crippen LogP contribution in [0, 0.1) is 6.92 Å². The Balaban J connectivity index is 2.29. The molecule has 0 aliphatic heterocycles. The zero-order valence-electron chi connectivity index (χ0n) is 11.7. The standard InChI is InChI=1S/C16H20N2O/c1-12-10-13(11-17)4-9-16(12)18(2)14-5-7-15(19-3)8-6-14/h4-10H,11,17H2,1-3H3. The first kappa shape index (κ1) is 13.4. The minimum Gasteiger partial charge on any atom is -0.497 e. The van der Waals surface area contributed by atoms with Crippen molar-refractivity contribution in [3.63, 3.8) is 0 Å². The topological polar surface area (TPSA) is 38.5 Å². The van der Waals surface area contributed by atoms with Crippen molar-refractivity contribution in [2.24, 2.45) is 5.73 Å². The van der Waals surface area contributed by atoms with Gasteiger partial charge < -0.3 is 15.4 Å². The highest BCUT2D eigenvalue weighted by Crippen LogP contribution is 2.28. The molecule has 0 heterocycles. The van der Waals surface area contributed by atoms with Gasteiger partial charge in [-0.2, -0.15) is 0 Å². The molecule has 19 heavy (non-hydrogen) atoms. The third kappa shape index (κ3) is 2.88. The molecule has 0 unspecified atom stereocenters. The van der Waals surface area contributed by atoms with Gasteiger partial charge in [0.25, 0.3) is 0 Å². The molecule has 0 saturated carbocycles. The van der Waals surface area contributed by atoms with E-state index in [0.717, 1.165) is 17.0 Å². The van der Waals surface area contributed by atoms with E-state index in [1.54, 1.807) is 7.11 Å². The molecule has 3 heteroatoms. The van der Waals surface area contributed by atoms with Crippen LogP contribution in [0.1, 0.15) is 11.1 Å².